The van der Waals surface area contributed by atoms with E-state index in [2.05, 4.69) is 16.0 Å². The molecule has 0 aliphatic rings. The lowest BCUT2D eigenvalue weighted by Crippen LogP contribution is -1.97. The average molecular weight is 284 g/mol. The van der Waals surface area contributed by atoms with Crippen LogP contribution >= 0.6 is 23.8 Å². The largest absolute Gasteiger partial charge is 0.494 e. The Labute approximate surface area is 101 Å². The molecular weight excluding hydrogens is 278 g/mol. The molecule has 0 spiro atoms. The van der Waals surface area contributed by atoms with Crippen molar-refractivity contribution in [2.45, 2.75) is 4.90 Å². The number of halogens is 1. The molecule has 0 atom stereocenters. The molecule has 0 aliphatic heterocycles. The number of sulfonamides is 1. The molecule has 0 saturated heterocycles. The Balaban J connectivity index is 3.07. The maximum Gasteiger partial charge on any atom is 0.288 e. The standard InChI is InChI=1S/C7H6ClNO3S3/c8-5-1-3-6(4-2-5)15(11,12)9-14-7(10)13/h1-4,14H,(H,10,13). The van der Waals surface area contributed by atoms with Gasteiger partial charge in [-0.25, -0.2) is 0 Å². The van der Waals surface area contributed by atoms with Crippen LogP contribution in [0.4, 0.5) is 0 Å². The predicted octanol–water partition coefficient (Wildman–Crippen LogP) is 1.87. The summed E-state index contributed by atoms with van der Waals surface area (Å²) >= 11 is 9.74. The van der Waals surface area contributed by atoms with Gasteiger partial charge in [-0.1, -0.05) is 11.6 Å². The highest BCUT2D eigenvalue weighted by atomic mass is 35.5. The Morgan fingerprint density at radius 3 is 2.40 bits per heavy atom. The minimum absolute atomic E-state index is 0.00986. The maximum atomic E-state index is 11.5. The number of hydrogen-bond donors (Lipinski definition) is 2. The van der Waals surface area contributed by atoms with E-state index in [0.717, 1.165) is 0 Å². The molecule has 0 aromatic heterocycles. The third kappa shape index (κ3) is 3.86. The second-order valence-corrected chi connectivity index (χ2v) is 6.22. The summed E-state index contributed by atoms with van der Waals surface area (Å²) in [5, 5.41) is 9.08. The predicted molar refractivity (Wildman–Crippen MR) is 65.1 cm³/mol. The van der Waals surface area contributed by atoms with Crippen LogP contribution in [0.5, 0.6) is 0 Å². The van der Waals surface area contributed by atoms with Gasteiger partial charge in [0, 0.05) is 5.02 Å². The summed E-state index contributed by atoms with van der Waals surface area (Å²) in [4.78, 5) is 0.00986. The van der Waals surface area contributed by atoms with Crippen molar-refractivity contribution >= 4 is 49.8 Å². The molecule has 0 fully saturated rings. The van der Waals surface area contributed by atoms with Crippen LogP contribution in [0.1, 0.15) is 0 Å². The van der Waals surface area contributed by atoms with E-state index in [4.69, 9.17) is 16.7 Å². The van der Waals surface area contributed by atoms with Gasteiger partial charge in [0.25, 0.3) is 10.0 Å². The van der Waals surface area contributed by atoms with E-state index >= 15 is 0 Å². The summed E-state index contributed by atoms with van der Waals surface area (Å²) in [5.74, 6) is 0. The molecule has 1 aromatic rings. The number of thiocarbonyl (C=S) groups is 1. The lowest BCUT2D eigenvalue weighted by molar-refractivity contribution is 0.585. The van der Waals surface area contributed by atoms with Gasteiger partial charge in [0.05, 0.1) is 4.90 Å². The smallest absolute Gasteiger partial charge is 0.288 e. The van der Waals surface area contributed by atoms with Gasteiger partial charge < -0.3 is 5.11 Å². The van der Waals surface area contributed by atoms with Crippen molar-refractivity contribution in [1.29, 1.82) is 0 Å². The van der Waals surface area contributed by atoms with Gasteiger partial charge in [0.15, 0.2) is 0 Å². The van der Waals surface area contributed by atoms with Gasteiger partial charge in [0.1, 0.15) is 0 Å². The van der Waals surface area contributed by atoms with Crippen LogP contribution in [0.15, 0.2) is 32.9 Å². The molecular formula is C7H6ClNO3S3. The fourth-order valence-electron chi connectivity index (χ4n) is 0.742. The summed E-state index contributed by atoms with van der Waals surface area (Å²) in [5.41, 5.74) is 0. The zero-order valence-corrected chi connectivity index (χ0v) is 10.4. The van der Waals surface area contributed by atoms with Gasteiger partial charge in [-0.2, -0.15) is 8.42 Å². The van der Waals surface area contributed by atoms with Gasteiger partial charge in [-0.3, -0.25) is 0 Å². The Morgan fingerprint density at radius 1 is 1.40 bits per heavy atom. The van der Waals surface area contributed by atoms with E-state index in [-0.39, 0.29) is 16.5 Å². The molecule has 0 aliphatic carbocycles. The van der Waals surface area contributed by atoms with Crippen LogP contribution in [0.25, 0.3) is 0 Å². The number of aliphatic hydroxyl groups is 1. The summed E-state index contributed by atoms with van der Waals surface area (Å²) in [6, 6.07) is 5.55. The fraction of sp³-hybridized carbons (Fsp3) is 0. The van der Waals surface area contributed by atoms with Crippen molar-refractivity contribution in [2.24, 2.45) is 3.77 Å². The van der Waals surface area contributed by atoms with E-state index in [1.165, 1.54) is 24.3 Å². The zero-order valence-electron chi connectivity index (χ0n) is 7.16. The Bertz CT molecular complexity index is 495. The molecule has 15 heavy (non-hydrogen) atoms. The number of hydrogen-bond acceptors (Lipinski definition) is 3. The highest BCUT2D eigenvalue weighted by molar-refractivity contribution is 8.07. The second kappa shape index (κ2) is 5.02. The van der Waals surface area contributed by atoms with Crippen LogP contribution in [0.2, 0.25) is 5.02 Å². The minimum atomic E-state index is -3.77. The number of aliphatic hydroxyl groups excluding tert-OH is 1. The topological polar surface area (TPSA) is 66.7 Å². The monoisotopic (exact) mass is 283 g/mol. The summed E-state index contributed by atoms with van der Waals surface area (Å²) in [6.45, 7) is 0. The first-order chi connectivity index (χ1) is 6.92. The zero-order chi connectivity index (χ0) is 11.5. The first-order valence-electron chi connectivity index (χ1n) is 3.58. The summed E-state index contributed by atoms with van der Waals surface area (Å²) < 4.78 is 25.7. The van der Waals surface area contributed by atoms with Crippen molar-refractivity contribution in [3.8, 4) is 0 Å². The summed E-state index contributed by atoms with van der Waals surface area (Å²) in [7, 11) is -3.77. The molecule has 1 rings (SSSR count). The average Bonchev–Trinajstić information content (AvgIpc) is 2.16. The fourth-order valence-corrected chi connectivity index (χ4v) is 2.73. The van der Waals surface area contributed by atoms with Gasteiger partial charge in [-0.15, -0.1) is 3.77 Å². The first-order valence-corrected chi connectivity index (χ1v) is 6.66. The SMILES string of the molecule is O=S(=O)(N=[SH]C(O)=S)c1ccc(Cl)cc1. The molecule has 8 heteroatoms. The maximum absolute atomic E-state index is 11.5. The molecule has 0 unspecified atom stereocenters. The second-order valence-electron chi connectivity index (χ2n) is 2.39. The molecule has 1 aromatic carbocycles. The van der Waals surface area contributed by atoms with Crippen LogP contribution < -0.4 is 0 Å². The summed E-state index contributed by atoms with van der Waals surface area (Å²) in [6.07, 6.45) is 0. The lowest BCUT2D eigenvalue weighted by atomic mass is 10.4. The van der Waals surface area contributed by atoms with Crippen LogP contribution in [-0.4, -0.2) is 17.9 Å². The molecule has 0 saturated carbocycles. The van der Waals surface area contributed by atoms with Crippen LogP contribution in [-0.2, 0) is 21.6 Å². The lowest BCUT2D eigenvalue weighted by Gasteiger charge is -1.97. The number of nitrogens with zero attached hydrogens (tertiary/aromatic N) is 1. The van der Waals surface area contributed by atoms with Gasteiger partial charge in [-0.05, 0) is 48.0 Å². The van der Waals surface area contributed by atoms with Gasteiger partial charge in [0.2, 0.25) is 4.38 Å². The minimum Gasteiger partial charge on any atom is -0.494 e. The Hall–Kier alpha value is -0.500. The molecule has 82 valence electrons. The molecule has 0 amide bonds. The third-order valence-corrected chi connectivity index (χ3v) is 4.07. The van der Waals surface area contributed by atoms with Crippen LogP contribution in [0.3, 0.4) is 0 Å². The van der Waals surface area contributed by atoms with Gasteiger partial charge >= 0.3 is 0 Å². The molecule has 4 nitrogen and oxygen atoms in total. The number of thiol groups is 1. The van der Waals surface area contributed by atoms with Crippen molar-refractivity contribution in [3.63, 3.8) is 0 Å². The van der Waals surface area contributed by atoms with E-state index in [1.54, 1.807) is 0 Å². The highest BCUT2D eigenvalue weighted by Crippen LogP contribution is 2.15. The van der Waals surface area contributed by atoms with Crippen molar-refractivity contribution in [3.05, 3.63) is 29.3 Å². The molecule has 0 heterocycles. The van der Waals surface area contributed by atoms with E-state index in [0.29, 0.717) is 5.02 Å². The normalized spacial score (nSPS) is 12.3. The number of rotatable bonds is 2. The van der Waals surface area contributed by atoms with Crippen molar-refractivity contribution < 1.29 is 13.5 Å². The Kier molecular flexibility index (Phi) is 4.21. The first kappa shape index (κ1) is 12.6. The van der Waals surface area contributed by atoms with Crippen LogP contribution in [0, 0.1) is 0 Å². The van der Waals surface area contributed by atoms with E-state index in [9.17, 15) is 8.42 Å². The molecule has 1 N–H and O–H groups in total. The Morgan fingerprint density at radius 2 is 1.93 bits per heavy atom. The van der Waals surface area contributed by atoms with E-state index in [1.807, 2.05) is 0 Å². The number of benzene rings is 1. The quantitative estimate of drug-likeness (QED) is 0.642. The molecule has 0 bridgehead atoms. The highest BCUT2D eigenvalue weighted by Gasteiger charge is 2.11. The van der Waals surface area contributed by atoms with Crippen molar-refractivity contribution in [2.75, 3.05) is 0 Å². The third-order valence-electron chi connectivity index (χ3n) is 1.35. The van der Waals surface area contributed by atoms with Crippen molar-refractivity contribution in [1.82, 2.24) is 0 Å². The van der Waals surface area contributed by atoms with E-state index < -0.39 is 14.4 Å². The molecule has 0 radical (unpaired) electrons.